The average Bonchev–Trinajstić information content (AvgIpc) is 3.19. The molecule has 4 unspecified atom stereocenters. The average molecular weight is 842 g/mol. The molecule has 0 aromatic heterocycles. The molecular weight excluding hydrogens is 755 g/mol. The summed E-state index contributed by atoms with van der Waals surface area (Å²) in [6.45, 7) is 11.1. The molecule has 58 heavy (non-hydrogen) atoms. The van der Waals surface area contributed by atoms with Crippen LogP contribution in [0.25, 0.3) is 0 Å². The second-order valence-corrected chi connectivity index (χ2v) is 18.6. The number of benzene rings is 1. The molecule has 6 N–H and O–H groups in total. The molecule has 1 aromatic rings. The van der Waals surface area contributed by atoms with Gasteiger partial charge in [-0.05, 0) is 49.5 Å². The van der Waals surface area contributed by atoms with E-state index in [-0.39, 0.29) is 37.0 Å². The first-order chi connectivity index (χ1) is 27.8. The highest BCUT2D eigenvalue weighted by Gasteiger charge is 2.60. The standard InChI is InChI=1S/C27H49NO2.C20H38O7S/c1-2-3-4-5-6-7-8-9-10-11-12-13-17-20-27(21-23-29,22-24-30)28-25-26-18-15-14-16-19-26;1-5-9-11-15(7-3)13-17(18(21)22)20(19(23)24,28(25,26)27)14-16(8-4)12-10-6-2/h14-16,18-19,28-30H,2-13,17,20-25H2,1H3;15-17H,5-14H2,1-4H3,(H,21,22)(H,23,24)(H,25,26,27). The van der Waals surface area contributed by atoms with Gasteiger partial charge in [0.15, 0.2) is 0 Å². The van der Waals surface area contributed by atoms with E-state index in [9.17, 15) is 43.0 Å². The van der Waals surface area contributed by atoms with Crippen LogP contribution in [-0.2, 0) is 26.3 Å². The highest BCUT2D eigenvalue weighted by molar-refractivity contribution is 7.88. The quantitative estimate of drug-likeness (QED) is 0.0279. The van der Waals surface area contributed by atoms with Crippen LogP contribution in [0.15, 0.2) is 30.3 Å². The van der Waals surface area contributed by atoms with Crippen LogP contribution in [0.5, 0.6) is 0 Å². The summed E-state index contributed by atoms with van der Waals surface area (Å²) in [6.07, 6.45) is 25.5. The Hall–Kier alpha value is -2.05. The fourth-order valence-corrected chi connectivity index (χ4v) is 9.61. The van der Waals surface area contributed by atoms with Gasteiger partial charge in [0, 0.05) is 25.3 Å². The molecule has 0 radical (unpaired) electrons. The number of hydrogen-bond acceptors (Lipinski definition) is 7. The number of carboxylic acids is 2. The Kier molecular flexibility index (Phi) is 32.5. The fourth-order valence-electron chi connectivity index (χ4n) is 8.39. The van der Waals surface area contributed by atoms with E-state index in [0.717, 1.165) is 38.6 Å². The predicted molar refractivity (Wildman–Crippen MR) is 239 cm³/mol. The van der Waals surface area contributed by atoms with E-state index in [0.29, 0.717) is 38.5 Å². The zero-order chi connectivity index (χ0) is 43.7. The first-order valence-corrected chi connectivity index (χ1v) is 24.7. The van der Waals surface area contributed by atoms with Crippen molar-refractivity contribution in [3.8, 4) is 0 Å². The third kappa shape index (κ3) is 22.5. The van der Waals surface area contributed by atoms with Crippen molar-refractivity contribution in [2.24, 2.45) is 17.8 Å². The van der Waals surface area contributed by atoms with Gasteiger partial charge in [-0.25, -0.2) is 0 Å². The van der Waals surface area contributed by atoms with Gasteiger partial charge in [-0.15, -0.1) is 0 Å². The SMILES string of the molecule is CCCCC(CC)CC(C(=O)O)C(CC(CC)CCCC)(C(=O)O)S(=O)(=O)O.CCCCCCCCCCCCCCCC(CCO)(CCO)NCc1ccccc1. The molecule has 4 atom stereocenters. The molecule has 11 heteroatoms. The van der Waals surface area contributed by atoms with Gasteiger partial charge < -0.3 is 25.7 Å². The Morgan fingerprint density at radius 3 is 1.48 bits per heavy atom. The number of carbonyl (C=O) groups is 2. The van der Waals surface area contributed by atoms with Crippen LogP contribution in [0.1, 0.15) is 207 Å². The van der Waals surface area contributed by atoms with Crippen molar-refractivity contribution in [2.45, 2.75) is 218 Å². The van der Waals surface area contributed by atoms with Crippen LogP contribution in [0.2, 0.25) is 0 Å². The molecule has 340 valence electrons. The van der Waals surface area contributed by atoms with Crippen molar-refractivity contribution in [2.75, 3.05) is 13.2 Å². The number of hydrogen-bond donors (Lipinski definition) is 6. The molecule has 0 heterocycles. The van der Waals surface area contributed by atoms with Gasteiger partial charge in [0.2, 0.25) is 4.75 Å². The summed E-state index contributed by atoms with van der Waals surface area (Å²) in [4.78, 5) is 24.3. The van der Waals surface area contributed by atoms with Gasteiger partial charge in [0.25, 0.3) is 10.1 Å². The molecule has 0 saturated carbocycles. The van der Waals surface area contributed by atoms with Gasteiger partial charge in [-0.3, -0.25) is 14.1 Å². The highest BCUT2D eigenvalue weighted by atomic mass is 32.2. The first kappa shape index (κ1) is 55.9. The Morgan fingerprint density at radius 1 is 0.638 bits per heavy atom. The maximum absolute atomic E-state index is 12.4. The Morgan fingerprint density at radius 2 is 1.09 bits per heavy atom. The summed E-state index contributed by atoms with van der Waals surface area (Å²) in [7, 11) is -5.15. The highest BCUT2D eigenvalue weighted by Crippen LogP contribution is 2.41. The van der Waals surface area contributed by atoms with Crippen LogP contribution in [0.3, 0.4) is 0 Å². The summed E-state index contributed by atoms with van der Waals surface area (Å²) >= 11 is 0. The van der Waals surface area contributed by atoms with E-state index in [1.54, 1.807) is 0 Å². The number of aliphatic hydroxyl groups is 2. The minimum absolute atomic E-state index is 0.0812. The zero-order valence-electron chi connectivity index (χ0n) is 37.4. The van der Waals surface area contributed by atoms with Gasteiger partial charge in [0.05, 0.1) is 5.92 Å². The number of unbranched alkanes of at least 4 members (excludes halogenated alkanes) is 14. The van der Waals surface area contributed by atoms with E-state index < -0.39 is 39.1 Å². The van der Waals surface area contributed by atoms with Crippen LogP contribution >= 0.6 is 0 Å². The molecule has 0 bridgehead atoms. The summed E-state index contributed by atoms with van der Waals surface area (Å²) in [5.74, 6) is -5.37. The van der Waals surface area contributed by atoms with Crippen molar-refractivity contribution in [1.82, 2.24) is 5.32 Å². The van der Waals surface area contributed by atoms with Crippen molar-refractivity contribution < 1.29 is 43.0 Å². The van der Waals surface area contributed by atoms with Gasteiger partial charge in [-0.2, -0.15) is 8.42 Å². The van der Waals surface area contributed by atoms with E-state index in [2.05, 4.69) is 36.5 Å². The summed E-state index contributed by atoms with van der Waals surface area (Å²) in [6, 6.07) is 10.4. The number of aliphatic hydroxyl groups excluding tert-OH is 2. The molecule has 0 aliphatic carbocycles. The lowest BCUT2D eigenvalue weighted by Gasteiger charge is -2.36. The Labute approximate surface area is 354 Å². The van der Waals surface area contributed by atoms with Crippen molar-refractivity contribution >= 4 is 22.1 Å². The first-order valence-electron chi connectivity index (χ1n) is 23.2. The van der Waals surface area contributed by atoms with E-state index in [1.165, 1.54) is 89.0 Å². The monoisotopic (exact) mass is 842 g/mol. The molecule has 0 aliphatic heterocycles. The summed E-state index contributed by atoms with van der Waals surface area (Å²) in [5, 5.41) is 42.6. The van der Waals surface area contributed by atoms with Gasteiger partial charge in [0.1, 0.15) is 0 Å². The second-order valence-electron chi connectivity index (χ2n) is 16.9. The molecule has 0 aliphatic rings. The lowest BCUT2D eigenvalue weighted by atomic mass is 9.76. The van der Waals surface area contributed by atoms with E-state index in [1.807, 2.05) is 33.8 Å². The van der Waals surface area contributed by atoms with Crippen LogP contribution in [-0.4, -0.2) is 68.8 Å². The molecule has 1 rings (SSSR count). The molecule has 1 aromatic carbocycles. The zero-order valence-corrected chi connectivity index (χ0v) is 38.2. The second kappa shape index (κ2) is 33.6. The van der Waals surface area contributed by atoms with Crippen molar-refractivity contribution in [1.29, 1.82) is 0 Å². The van der Waals surface area contributed by atoms with E-state index in [4.69, 9.17) is 0 Å². The van der Waals surface area contributed by atoms with Gasteiger partial charge in [-0.1, -0.05) is 200 Å². The number of aliphatic carboxylic acids is 2. The maximum atomic E-state index is 12.4. The third-order valence-electron chi connectivity index (χ3n) is 12.4. The molecule has 0 amide bonds. The van der Waals surface area contributed by atoms with Crippen molar-refractivity contribution in [3.05, 3.63) is 35.9 Å². The summed E-state index contributed by atoms with van der Waals surface area (Å²) < 4.78 is 32.0. The Bertz CT molecular complexity index is 1260. The van der Waals surface area contributed by atoms with Crippen LogP contribution in [0, 0.1) is 17.8 Å². The smallest absolute Gasteiger partial charge is 0.328 e. The lowest BCUT2D eigenvalue weighted by molar-refractivity contribution is -0.153. The molecule has 0 fully saturated rings. The summed E-state index contributed by atoms with van der Waals surface area (Å²) in [5.41, 5.74) is 1.10. The minimum Gasteiger partial charge on any atom is -0.481 e. The van der Waals surface area contributed by atoms with E-state index >= 15 is 0 Å². The number of rotatable bonds is 37. The molecular formula is C47H87NO9S. The predicted octanol–water partition coefficient (Wildman–Crippen LogP) is 11.4. The largest absolute Gasteiger partial charge is 0.481 e. The Balaban J connectivity index is 0.00000112. The molecule has 0 spiro atoms. The third-order valence-corrected chi connectivity index (χ3v) is 13.9. The normalized spacial score (nSPS) is 14.6. The fraction of sp³-hybridized carbons (Fsp3) is 0.830. The lowest BCUT2D eigenvalue weighted by Crippen LogP contribution is -2.56. The maximum Gasteiger partial charge on any atom is 0.328 e. The van der Waals surface area contributed by atoms with Crippen molar-refractivity contribution in [3.63, 3.8) is 0 Å². The number of carboxylic acid groups (broad SMARTS) is 2. The topological polar surface area (TPSA) is 181 Å². The van der Waals surface area contributed by atoms with Gasteiger partial charge >= 0.3 is 11.9 Å². The molecule has 0 saturated heterocycles. The number of nitrogens with one attached hydrogen (secondary N) is 1. The minimum atomic E-state index is -5.15. The molecule has 10 nitrogen and oxygen atoms in total. The van der Waals surface area contributed by atoms with Crippen LogP contribution < -0.4 is 5.32 Å². The van der Waals surface area contributed by atoms with Crippen LogP contribution in [0.4, 0.5) is 0 Å².